The van der Waals surface area contributed by atoms with Crippen LogP contribution in [0.1, 0.15) is 0 Å². The average Bonchev–Trinajstić information content (AvgIpc) is 1.41. The van der Waals surface area contributed by atoms with E-state index in [-0.39, 0.29) is 85.4 Å². The van der Waals surface area contributed by atoms with E-state index in [1.807, 2.05) is 0 Å². The second-order valence-corrected chi connectivity index (χ2v) is 3.67. The fraction of sp³-hybridized carbons (Fsp3) is 0. The van der Waals surface area contributed by atoms with Gasteiger partial charge in [0.05, 0.1) is 0 Å². The number of hydrogen-bond donors (Lipinski definition) is 0. The first-order valence-corrected chi connectivity index (χ1v) is 6.00. The largest absolute Gasteiger partial charge is 3.00 e. The molecule has 0 fully saturated rings. The van der Waals surface area contributed by atoms with Crippen molar-refractivity contribution in [3.63, 3.8) is 0 Å². The molecule has 0 bridgehead atoms. The van der Waals surface area contributed by atoms with Crippen LogP contribution in [-0.4, -0.2) is 105 Å². The summed E-state index contributed by atoms with van der Waals surface area (Å²) < 4.78 is 102. The van der Waals surface area contributed by atoms with E-state index in [1.165, 1.54) is 0 Å². The van der Waals surface area contributed by atoms with Crippen LogP contribution < -0.4 is 0 Å². The van der Waals surface area contributed by atoms with Crippen molar-refractivity contribution in [1.29, 1.82) is 0 Å². The number of rotatable bonds is 0. The summed E-state index contributed by atoms with van der Waals surface area (Å²) in [5.74, 6) is 0. The van der Waals surface area contributed by atoms with Crippen LogP contribution >= 0.6 is 0 Å². The average molecular weight is 824 g/mol. The summed E-state index contributed by atoms with van der Waals surface area (Å²) in [5.41, 5.74) is 0. The Hall–Kier alpha value is 2.36. The predicted molar refractivity (Wildman–Crippen MR) is 42.9 cm³/mol. The molecule has 0 aromatic carbocycles. The molecule has 0 spiro atoms. The monoisotopic (exact) mass is 822 g/mol. The van der Waals surface area contributed by atoms with E-state index in [0.29, 0.717) is 0 Å². The molecule has 0 saturated heterocycles. The third-order valence-electron chi connectivity index (χ3n) is 0. The van der Waals surface area contributed by atoms with Crippen LogP contribution in [-0.2, 0) is 64.2 Å². The van der Waals surface area contributed by atoms with E-state index in [4.69, 9.17) is 52.6 Å². The molecular formula is Bi2Ni2O12S3. The molecule has 0 aromatic heterocycles. The van der Waals surface area contributed by atoms with Crippen LogP contribution in [0.4, 0.5) is 0 Å². The summed E-state index contributed by atoms with van der Waals surface area (Å²) >= 11 is 0. The van der Waals surface area contributed by atoms with E-state index in [9.17, 15) is 0 Å². The van der Waals surface area contributed by atoms with Crippen molar-refractivity contribution in [3.8, 4) is 0 Å². The quantitative estimate of drug-likeness (QED) is 0.127. The van der Waals surface area contributed by atoms with E-state index >= 15 is 0 Å². The minimum absolute atomic E-state index is 0. The predicted octanol–water partition coefficient (Wildman–Crippen LogP) is -4.78. The second-order valence-electron chi connectivity index (χ2n) is 1.22. The Balaban J connectivity index is -0.0000000206. The van der Waals surface area contributed by atoms with Crippen molar-refractivity contribution in [3.05, 3.63) is 0 Å². The van der Waals surface area contributed by atoms with Gasteiger partial charge in [-0.3, -0.25) is 25.3 Å². The molecule has 12 nitrogen and oxygen atoms in total. The SMILES string of the molecule is O=S(=O)([O-])[O-].O=S(=O)([O-])[O-].O=S(=O)([O-])[O-].[Bi+3].[Bi+3].[Ni].[Ni]. The fourth-order valence-corrected chi connectivity index (χ4v) is 0. The van der Waals surface area contributed by atoms with Gasteiger partial charge < -0.3 is 27.3 Å². The summed E-state index contributed by atoms with van der Waals surface area (Å²) in [6.07, 6.45) is 0. The van der Waals surface area contributed by atoms with Gasteiger partial charge in [0.25, 0.3) is 0 Å². The summed E-state index contributed by atoms with van der Waals surface area (Å²) in [6.45, 7) is 0. The Morgan fingerprint density at radius 3 is 0.421 bits per heavy atom. The van der Waals surface area contributed by atoms with Crippen molar-refractivity contribution >= 4 is 83.6 Å². The van der Waals surface area contributed by atoms with Crippen molar-refractivity contribution in [2.75, 3.05) is 0 Å². The minimum Gasteiger partial charge on any atom is -0.759 e. The maximum absolute atomic E-state index is 8.52. The topological polar surface area (TPSA) is 241 Å². The molecule has 0 N–H and O–H groups in total. The Kier molecular flexibility index (Phi) is 41.6. The van der Waals surface area contributed by atoms with Gasteiger partial charge in [-0.2, -0.15) is 0 Å². The molecule has 0 aliphatic heterocycles. The maximum atomic E-state index is 8.52. The van der Waals surface area contributed by atoms with Crippen LogP contribution in [0.5, 0.6) is 0 Å². The molecule has 0 aliphatic rings. The summed E-state index contributed by atoms with van der Waals surface area (Å²) in [7, 11) is -15.5. The van der Waals surface area contributed by atoms with Crippen LogP contribution in [0.3, 0.4) is 0 Å². The fourth-order valence-electron chi connectivity index (χ4n) is 0. The van der Waals surface area contributed by atoms with E-state index < -0.39 is 31.2 Å². The molecular weight excluding hydrogens is 824 g/mol. The third kappa shape index (κ3) is 1230. The van der Waals surface area contributed by atoms with Crippen molar-refractivity contribution in [2.45, 2.75) is 0 Å². The van der Waals surface area contributed by atoms with Crippen molar-refractivity contribution in [2.24, 2.45) is 0 Å². The molecule has 120 valence electrons. The molecule has 0 rings (SSSR count). The summed E-state index contributed by atoms with van der Waals surface area (Å²) in [5, 5.41) is 0. The van der Waals surface area contributed by atoms with Gasteiger partial charge in [-0.05, 0) is 0 Å². The van der Waals surface area contributed by atoms with Gasteiger partial charge in [0, 0.05) is 64.2 Å². The zero-order chi connectivity index (χ0) is 13.5. The minimum atomic E-state index is -5.17. The van der Waals surface area contributed by atoms with E-state index in [2.05, 4.69) is 0 Å². The van der Waals surface area contributed by atoms with Crippen molar-refractivity contribution in [1.82, 2.24) is 0 Å². The normalized spacial score (nSPS) is 9.16. The Morgan fingerprint density at radius 2 is 0.421 bits per heavy atom. The smallest absolute Gasteiger partial charge is 0.759 e. The van der Waals surface area contributed by atoms with Gasteiger partial charge in [-0.1, -0.05) is 0 Å². The van der Waals surface area contributed by atoms with Gasteiger partial charge in [0.1, 0.15) is 0 Å². The standard InChI is InChI=1S/2Bi.2Ni.3H2O4S/c;;;;3*1-5(2,3)4/h;;;;3*(H2,1,2,3,4)/q2*+3;;;;;/p-6. The molecule has 4 radical (unpaired) electrons. The number of hydrogen-bond acceptors (Lipinski definition) is 12. The molecule has 0 saturated carbocycles. The zero-order valence-corrected chi connectivity index (χ0v) is 19.0. The zero-order valence-electron chi connectivity index (χ0n) is 7.65. The van der Waals surface area contributed by atoms with Gasteiger partial charge in [0.15, 0.2) is 0 Å². The second kappa shape index (κ2) is 18.4. The first-order valence-electron chi connectivity index (χ1n) is 2.00. The van der Waals surface area contributed by atoms with E-state index in [1.54, 1.807) is 0 Å². The summed E-state index contributed by atoms with van der Waals surface area (Å²) in [4.78, 5) is 0. The molecule has 0 aliphatic carbocycles. The molecule has 0 heterocycles. The molecule has 0 unspecified atom stereocenters. The molecule has 0 amide bonds. The van der Waals surface area contributed by atoms with Crippen LogP contribution in [0.2, 0.25) is 0 Å². The van der Waals surface area contributed by atoms with Gasteiger partial charge >= 0.3 is 52.4 Å². The molecule has 19 heavy (non-hydrogen) atoms. The molecule has 0 aromatic rings. The Bertz CT molecular complexity index is 350. The molecule has 19 heteroatoms. The van der Waals surface area contributed by atoms with Crippen LogP contribution in [0, 0.1) is 0 Å². The van der Waals surface area contributed by atoms with Gasteiger partial charge in [0.2, 0.25) is 0 Å². The van der Waals surface area contributed by atoms with Crippen molar-refractivity contribution < 1.29 is 85.6 Å². The van der Waals surface area contributed by atoms with Gasteiger partial charge in [-0.15, -0.1) is 0 Å². The third-order valence-corrected chi connectivity index (χ3v) is 0. The first-order chi connectivity index (χ1) is 6.00. The Morgan fingerprint density at radius 1 is 0.421 bits per heavy atom. The van der Waals surface area contributed by atoms with Crippen LogP contribution in [0.25, 0.3) is 0 Å². The molecule has 0 atom stereocenters. The van der Waals surface area contributed by atoms with E-state index in [0.717, 1.165) is 0 Å². The maximum Gasteiger partial charge on any atom is 3.00 e. The Labute approximate surface area is 167 Å². The summed E-state index contributed by atoms with van der Waals surface area (Å²) in [6, 6.07) is 0. The van der Waals surface area contributed by atoms with Crippen LogP contribution in [0.15, 0.2) is 0 Å². The van der Waals surface area contributed by atoms with Gasteiger partial charge in [-0.25, -0.2) is 0 Å². The first kappa shape index (κ1) is 42.9.